The lowest BCUT2D eigenvalue weighted by Crippen LogP contribution is -2.25. The maximum atomic E-state index is 13.2. The van der Waals surface area contributed by atoms with Gasteiger partial charge in [-0.05, 0) is 17.7 Å². The molecule has 0 aliphatic rings. The Bertz CT molecular complexity index is 453. The number of carbonyl (C=O) groups is 1. The van der Waals surface area contributed by atoms with Crippen molar-refractivity contribution in [2.45, 2.75) is 18.6 Å². The van der Waals surface area contributed by atoms with Gasteiger partial charge in [-0.2, -0.15) is 4.39 Å². The summed E-state index contributed by atoms with van der Waals surface area (Å²) < 4.78 is 30.9. The van der Waals surface area contributed by atoms with E-state index >= 15 is 0 Å². The topological polar surface area (TPSA) is 92.8 Å². The summed E-state index contributed by atoms with van der Waals surface area (Å²) >= 11 is 0. The second-order valence-electron chi connectivity index (χ2n) is 3.70. The molecule has 1 aromatic carbocycles. The number of ether oxygens (including phenoxy) is 1. The van der Waals surface area contributed by atoms with Gasteiger partial charge in [0.1, 0.15) is 6.10 Å². The van der Waals surface area contributed by atoms with Crippen LogP contribution in [0.3, 0.4) is 0 Å². The van der Waals surface area contributed by atoms with Gasteiger partial charge in [0, 0.05) is 0 Å². The van der Waals surface area contributed by atoms with E-state index in [1.807, 2.05) is 0 Å². The summed E-state index contributed by atoms with van der Waals surface area (Å²) in [5, 5.41) is 19.1. The Balaban J connectivity index is 3.02. The van der Waals surface area contributed by atoms with E-state index in [1.165, 1.54) is 0 Å². The van der Waals surface area contributed by atoms with Crippen LogP contribution in [0, 0.1) is 11.6 Å². The molecule has 5 nitrogen and oxygen atoms in total. The van der Waals surface area contributed by atoms with Gasteiger partial charge in [0.15, 0.2) is 11.6 Å². The van der Waals surface area contributed by atoms with Gasteiger partial charge in [-0.1, -0.05) is 0 Å². The molecule has 100 valence electrons. The van der Waals surface area contributed by atoms with Crippen LogP contribution < -0.4 is 10.5 Å². The fourth-order valence-electron chi connectivity index (χ4n) is 1.44. The highest BCUT2D eigenvalue weighted by atomic mass is 19.2. The lowest BCUT2D eigenvalue weighted by molar-refractivity contribution is -0.121. The second kappa shape index (κ2) is 5.74. The van der Waals surface area contributed by atoms with Crippen LogP contribution >= 0.6 is 0 Å². The van der Waals surface area contributed by atoms with E-state index in [1.54, 1.807) is 0 Å². The van der Waals surface area contributed by atoms with Gasteiger partial charge in [0.05, 0.1) is 19.6 Å². The molecular weight excluding hydrogens is 248 g/mol. The molecule has 0 spiro atoms. The molecule has 1 rings (SSSR count). The number of aliphatic hydroxyl groups is 2. The molecule has 0 saturated heterocycles. The number of halogens is 2. The minimum absolute atomic E-state index is 0.112. The first-order valence-electron chi connectivity index (χ1n) is 5.04. The highest BCUT2D eigenvalue weighted by molar-refractivity contribution is 5.74. The number of primary amides is 1. The smallest absolute Gasteiger partial charge is 0.220 e. The average molecular weight is 261 g/mol. The summed E-state index contributed by atoms with van der Waals surface area (Å²) in [4.78, 5) is 10.6. The molecule has 2 unspecified atom stereocenters. The first kappa shape index (κ1) is 14.3. The Labute approximate surface area is 102 Å². The highest BCUT2D eigenvalue weighted by Crippen LogP contribution is 2.27. The molecule has 0 heterocycles. The molecular formula is C11H13F2NO4. The molecule has 2 atom stereocenters. The van der Waals surface area contributed by atoms with Gasteiger partial charge in [-0.25, -0.2) is 4.39 Å². The molecule has 1 amide bonds. The zero-order chi connectivity index (χ0) is 13.9. The standard InChI is InChI=1S/C11H13F2NO4/c1-18-8-3-5(2-6(12)10(8)13)11(17)7(15)4-9(14)16/h2-3,7,11,15,17H,4H2,1H3,(H2,14,16). The number of carbonyl (C=O) groups excluding carboxylic acids is 1. The van der Waals surface area contributed by atoms with Crippen molar-refractivity contribution in [1.29, 1.82) is 0 Å². The first-order valence-corrected chi connectivity index (χ1v) is 5.04. The third-order valence-electron chi connectivity index (χ3n) is 2.35. The zero-order valence-corrected chi connectivity index (χ0v) is 9.56. The fourth-order valence-corrected chi connectivity index (χ4v) is 1.44. The Hall–Kier alpha value is -1.73. The van der Waals surface area contributed by atoms with Crippen molar-refractivity contribution in [2.75, 3.05) is 7.11 Å². The minimum atomic E-state index is -1.57. The van der Waals surface area contributed by atoms with E-state index in [0.717, 1.165) is 13.2 Å². The van der Waals surface area contributed by atoms with Crippen LogP contribution in [0.2, 0.25) is 0 Å². The molecule has 0 aliphatic carbocycles. The number of aliphatic hydroxyl groups excluding tert-OH is 2. The van der Waals surface area contributed by atoms with Crippen LogP contribution in [0.1, 0.15) is 18.1 Å². The molecule has 7 heteroatoms. The zero-order valence-electron chi connectivity index (χ0n) is 9.56. The summed E-state index contributed by atoms with van der Waals surface area (Å²) in [5.41, 5.74) is 4.74. The van der Waals surface area contributed by atoms with Gasteiger partial charge in [-0.15, -0.1) is 0 Å². The van der Waals surface area contributed by atoms with Crippen molar-refractivity contribution in [3.8, 4) is 5.75 Å². The Morgan fingerprint density at radius 3 is 2.56 bits per heavy atom. The highest BCUT2D eigenvalue weighted by Gasteiger charge is 2.23. The van der Waals surface area contributed by atoms with Crippen molar-refractivity contribution >= 4 is 5.91 Å². The average Bonchev–Trinajstić information content (AvgIpc) is 2.30. The maximum Gasteiger partial charge on any atom is 0.220 e. The van der Waals surface area contributed by atoms with Gasteiger partial charge >= 0.3 is 0 Å². The number of benzene rings is 1. The molecule has 1 aromatic rings. The van der Waals surface area contributed by atoms with Crippen LogP contribution in [0.25, 0.3) is 0 Å². The molecule has 0 aromatic heterocycles. The Morgan fingerprint density at radius 2 is 2.06 bits per heavy atom. The van der Waals surface area contributed by atoms with E-state index < -0.39 is 41.9 Å². The van der Waals surface area contributed by atoms with Crippen molar-refractivity contribution in [3.05, 3.63) is 29.3 Å². The second-order valence-corrected chi connectivity index (χ2v) is 3.70. The number of amides is 1. The quantitative estimate of drug-likeness (QED) is 0.708. The van der Waals surface area contributed by atoms with Crippen LogP contribution in [0.4, 0.5) is 8.78 Å². The lowest BCUT2D eigenvalue weighted by Gasteiger charge is -2.17. The van der Waals surface area contributed by atoms with E-state index in [4.69, 9.17) is 5.73 Å². The number of hydrogen-bond acceptors (Lipinski definition) is 4. The predicted molar refractivity (Wildman–Crippen MR) is 57.7 cm³/mol. The fraction of sp³-hybridized carbons (Fsp3) is 0.364. The monoisotopic (exact) mass is 261 g/mol. The van der Waals surface area contributed by atoms with Crippen LogP contribution in [-0.4, -0.2) is 29.3 Å². The van der Waals surface area contributed by atoms with Gasteiger partial charge in [-0.3, -0.25) is 4.79 Å². The third kappa shape index (κ3) is 3.14. The normalized spacial score (nSPS) is 14.1. The summed E-state index contributed by atoms with van der Waals surface area (Å²) in [6.45, 7) is 0. The molecule has 0 saturated carbocycles. The minimum Gasteiger partial charge on any atom is -0.494 e. The SMILES string of the molecule is COc1cc(C(O)C(O)CC(N)=O)cc(F)c1F. The van der Waals surface area contributed by atoms with Gasteiger partial charge in [0.25, 0.3) is 0 Å². The summed E-state index contributed by atoms with van der Waals surface area (Å²) in [7, 11) is 1.13. The van der Waals surface area contributed by atoms with Gasteiger partial charge < -0.3 is 20.7 Å². The van der Waals surface area contributed by atoms with E-state index in [2.05, 4.69) is 4.74 Å². The summed E-state index contributed by atoms with van der Waals surface area (Å²) in [6, 6.07) is 1.75. The molecule has 0 aliphatic heterocycles. The van der Waals surface area contributed by atoms with Crippen LogP contribution in [0.15, 0.2) is 12.1 Å². The number of nitrogens with two attached hydrogens (primary N) is 1. The lowest BCUT2D eigenvalue weighted by atomic mass is 10.0. The van der Waals surface area contributed by atoms with Crippen molar-refractivity contribution in [2.24, 2.45) is 5.73 Å². The Morgan fingerprint density at radius 1 is 1.44 bits per heavy atom. The number of hydrogen-bond donors (Lipinski definition) is 3. The largest absolute Gasteiger partial charge is 0.494 e. The van der Waals surface area contributed by atoms with Crippen molar-refractivity contribution in [1.82, 2.24) is 0 Å². The van der Waals surface area contributed by atoms with Gasteiger partial charge in [0.2, 0.25) is 11.7 Å². The Kier molecular flexibility index (Phi) is 4.57. The first-order chi connectivity index (χ1) is 8.36. The predicted octanol–water partition coefficient (Wildman–Crippen LogP) is 0.243. The number of methoxy groups -OCH3 is 1. The molecule has 4 N–H and O–H groups in total. The van der Waals surface area contributed by atoms with Crippen LogP contribution in [0.5, 0.6) is 5.75 Å². The third-order valence-corrected chi connectivity index (χ3v) is 2.35. The molecule has 18 heavy (non-hydrogen) atoms. The summed E-state index contributed by atoms with van der Waals surface area (Å²) in [6.07, 6.45) is -3.57. The number of rotatable bonds is 5. The summed E-state index contributed by atoms with van der Waals surface area (Å²) in [5.74, 6) is -3.65. The van der Waals surface area contributed by atoms with E-state index in [-0.39, 0.29) is 5.56 Å². The van der Waals surface area contributed by atoms with E-state index in [0.29, 0.717) is 6.07 Å². The molecule has 0 fully saturated rings. The van der Waals surface area contributed by atoms with Crippen molar-refractivity contribution < 1.29 is 28.5 Å². The molecule has 0 radical (unpaired) electrons. The maximum absolute atomic E-state index is 13.2. The molecule has 0 bridgehead atoms. The van der Waals surface area contributed by atoms with Crippen LogP contribution in [-0.2, 0) is 4.79 Å². The van der Waals surface area contributed by atoms with E-state index in [9.17, 15) is 23.8 Å². The van der Waals surface area contributed by atoms with Crippen molar-refractivity contribution in [3.63, 3.8) is 0 Å².